The van der Waals surface area contributed by atoms with Crippen molar-refractivity contribution >= 4 is 23.5 Å². The fourth-order valence-corrected chi connectivity index (χ4v) is 1.31. The van der Waals surface area contributed by atoms with Crippen LogP contribution in [0.2, 0.25) is 0 Å². The minimum atomic E-state index is -0.365. The fourth-order valence-electron chi connectivity index (χ4n) is 1.06. The predicted octanol–water partition coefficient (Wildman–Crippen LogP) is 2.70. The summed E-state index contributed by atoms with van der Waals surface area (Å²) < 4.78 is 12.8. The minimum Gasteiger partial charge on any atom is -0.337 e. The molecule has 88 valence electrons. The molecule has 0 fully saturated rings. The summed E-state index contributed by atoms with van der Waals surface area (Å²) >= 11 is 1.67. The standard InChI is InChI=1S/C11H15FN2OS/c1-8(16-2)7-13-11(15)14-10-5-3-4-9(12)6-10/h3-6,8H,7H2,1-2H3,(H2,13,14,15)/t8-/m1/s1. The van der Waals surface area contributed by atoms with Crippen LogP contribution in [0.4, 0.5) is 14.9 Å². The lowest BCUT2D eigenvalue weighted by molar-refractivity contribution is 0.252. The Kier molecular flexibility index (Phi) is 5.11. The lowest BCUT2D eigenvalue weighted by Crippen LogP contribution is -2.33. The van der Waals surface area contributed by atoms with Crippen molar-refractivity contribution in [3.8, 4) is 0 Å². The molecule has 0 spiro atoms. The number of nitrogens with one attached hydrogen (secondary N) is 2. The molecule has 0 aromatic heterocycles. The molecule has 16 heavy (non-hydrogen) atoms. The van der Waals surface area contributed by atoms with Gasteiger partial charge < -0.3 is 10.6 Å². The topological polar surface area (TPSA) is 41.1 Å². The molecule has 0 aliphatic carbocycles. The molecule has 2 N–H and O–H groups in total. The number of hydrogen-bond donors (Lipinski definition) is 2. The van der Waals surface area contributed by atoms with E-state index in [1.165, 1.54) is 12.1 Å². The van der Waals surface area contributed by atoms with Crippen LogP contribution in [-0.2, 0) is 0 Å². The number of hydrogen-bond acceptors (Lipinski definition) is 2. The van der Waals surface area contributed by atoms with Gasteiger partial charge in [-0.15, -0.1) is 0 Å². The van der Waals surface area contributed by atoms with Crippen LogP contribution < -0.4 is 10.6 Å². The molecular formula is C11H15FN2OS. The van der Waals surface area contributed by atoms with Gasteiger partial charge in [0.05, 0.1) is 0 Å². The molecule has 5 heteroatoms. The first-order valence-corrected chi connectivity index (χ1v) is 6.24. The SMILES string of the molecule is CS[C@H](C)CNC(=O)Nc1cccc(F)c1. The van der Waals surface area contributed by atoms with Gasteiger partial charge in [0.2, 0.25) is 0 Å². The Morgan fingerprint density at radius 1 is 1.56 bits per heavy atom. The van der Waals surface area contributed by atoms with Gasteiger partial charge in [0.15, 0.2) is 0 Å². The summed E-state index contributed by atoms with van der Waals surface area (Å²) in [6.45, 7) is 2.61. The van der Waals surface area contributed by atoms with E-state index < -0.39 is 0 Å². The van der Waals surface area contributed by atoms with E-state index >= 15 is 0 Å². The van der Waals surface area contributed by atoms with Crippen molar-refractivity contribution in [2.24, 2.45) is 0 Å². The van der Waals surface area contributed by atoms with Gasteiger partial charge >= 0.3 is 6.03 Å². The number of rotatable bonds is 4. The molecule has 0 heterocycles. The second kappa shape index (κ2) is 6.37. The number of thioether (sulfide) groups is 1. The quantitative estimate of drug-likeness (QED) is 0.852. The molecule has 1 aromatic carbocycles. The number of carbonyl (C=O) groups is 1. The Labute approximate surface area is 98.8 Å². The molecule has 0 unspecified atom stereocenters. The van der Waals surface area contributed by atoms with Crippen LogP contribution in [0.25, 0.3) is 0 Å². The van der Waals surface area contributed by atoms with Crippen LogP contribution >= 0.6 is 11.8 Å². The molecule has 0 bridgehead atoms. The summed E-state index contributed by atoms with van der Waals surface area (Å²) in [4.78, 5) is 11.4. The lowest BCUT2D eigenvalue weighted by atomic mass is 10.3. The van der Waals surface area contributed by atoms with Crippen molar-refractivity contribution in [2.75, 3.05) is 18.1 Å². The maximum Gasteiger partial charge on any atom is 0.319 e. The molecule has 0 saturated heterocycles. The van der Waals surface area contributed by atoms with Crippen molar-refractivity contribution < 1.29 is 9.18 Å². The van der Waals surface area contributed by atoms with E-state index in [2.05, 4.69) is 10.6 Å². The lowest BCUT2D eigenvalue weighted by Gasteiger charge is -2.10. The number of benzene rings is 1. The second-order valence-electron chi connectivity index (χ2n) is 3.39. The molecule has 0 radical (unpaired) electrons. The molecular weight excluding hydrogens is 227 g/mol. The molecule has 0 aliphatic rings. The third-order valence-corrected chi connectivity index (χ3v) is 3.01. The van der Waals surface area contributed by atoms with Crippen molar-refractivity contribution in [1.29, 1.82) is 0 Å². The Morgan fingerprint density at radius 2 is 2.31 bits per heavy atom. The zero-order valence-corrected chi connectivity index (χ0v) is 10.1. The van der Waals surface area contributed by atoms with Crippen molar-refractivity contribution in [3.63, 3.8) is 0 Å². The molecule has 0 saturated carbocycles. The van der Waals surface area contributed by atoms with Crippen molar-refractivity contribution in [2.45, 2.75) is 12.2 Å². The number of anilines is 1. The highest BCUT2D eigenvalue weighted by Gasteiger charge is 2.04. The maximum absolute atomic E-state index is 12.8. The van der Waals surface area contributed by atoms with Crippen molar-refractivity contribution in [3.05, 3.63) is 30.1 Å². The molecule has 3 nitrogen and oxygen atoms in total. The van der Waals surface area contributed by atoms with E-state index in [4.69, 9.17) is 0 Å². The van der Waals surface area contributed by atoms with E-state index in [0.717, 1.165) is 0 Å². The Bertz CT molecular complexity index is 360. The molecule has 0 aliphatic heterocycles. The van der Waals surface area contributed by atoms with Gasteiger partial charge in [-0.05, 0) is 24.5 Å². The van der Waals surface area contributed by atoms with Gasteiger partial charge in [0.1, 0.15) is 5.82 Å². The smallest absolute Gasteiger partial charge is 0.319 e. The van der Waals surface area contributed by atoms with Gasteiger partial charge in [0.25, 0.3) is 0 Å². The van der Waals surface area contributed by atoms with E-state index in [0.29, 0.717) is 17.5 Å². The zero-order chi connectivity index (χ0) is 12.0. The molecule has 1 rings (SSSR count). The van der Waals surface area contributed by atoms with Crippen LogP contribution in [0.5, 0.6) is 0 Å². The number of amides is 2. The van der Waals surface area contributed by atoms with E-state index in [1.807, 2.05) is 13.2 Å². The Morgan fingerprint density at radius 3 is 2.94 bits per heavy atom. The zero-order valence-electron chi connectivity index (χ0n) is 9.29. The van der Waals surface area contributed by atoms with Gasteiger partial charge in [-0.25, -0.2) is 9.18 Å². The third-order valence-electron chi connectivity index (χ3n) is 2.03. The van der Waals surface area contributed by atoms with Crippen LogP contribution in [0.1, 0.15) is 6.92 Å². The maximum atomic E-state index is 12.8. The summed E-state index contributed by atoms with van der Waals surface area (Å²) in [5.41, 5.74) is 0.453. The first-order valence-electron chi connectivity index (χ1n) is 4.95. The summed E-state index contributed by atoms with van der Waals surface area (Å²) in [5, 5.41) is 5.63. The molecule has 1 atom stereocenters. The van der Waals surface area contributed by atoms with Crippen LogP contribution in [0.15, 0.2) is 24.3 Å². The van der Waals surface area contributed by atoms with Crippen LogP contribution in [0, 0.1) is 5.82 Å². The highest BCUT2D eigenvalue weighted by molar-refractivity contribution is 7.99. The number of urea groups is 1. The summed E-state index contributed by atoms with van der Waals surface area (Å²) in [5.74, 6) is -0.365. The van der Waals surface area contributed by atoms with Gasteiger partial charge in [-0.1, -0.05) is 13.0 Å². The number of halogens is 1. The third kappa shape index (κ3) is 4.53. The van der Waals surface area contributed by atoms with E-state index in [9.17, 15) is 9.18 Å². The van der Waals surface area contributed by atoms with Gasteiger partial charge in [-0.2, -0.15) is 11.8 Å². The largest absolute Gasteiger partial charge is 0.337 e. The summed E-state index contributed by atoms with van der Waals surface area (Å²) in [6, 6.07) is 5.48. The normalized spacial score (nSPS) is 11.9. The Hall–Kier alpha value is -1.23. The van der Waals surface area contributed by atoms with Crippen molar-refractivity contribution in [1.82, 2.24) is 5.32 Å². The van der Waals surface area contributed by atoms with Crippen LogP contribution in [-0.4, -0.2) is 24.1 Å². The van der Waals surface area contributed by atoms with Gasteiger partial charge in [-0.3, -0.25) is 0 Å². The highest BCUT2D eigenvalue weighted by atomic mass is 32.2. The fraction of sp³-hybridized carbons (Fsp3) is 0.364. The molecule has 2 amide bonds. The number of carbonyl (C=O) groups excluding carboxylic acids is 1. The highest BCUT2D eigenvalue weighted by Crippen LogP contribution is 2.08. The van der Waals surface area contributed by atoms with Crippen LogP contribution in [0.3, 0.4) is 0 Å². The first-order chi connectivity index (χ1) is 7.61. The average molecular weight is 242 g/mol. The average Bonchev–Trinajstić information content (AvgIpc) is 2.26. The second-order valence-corrected chi connectivity index (χ2v) is 4.67. The summed E-state index contributed by atoms with van der Waals surface area (Å²) in [7, 11) is 0. The predicted molar refractivity (Wildman–Crippen MR) is 66.4 cm³/mol. The minimum absolute atomic E-state index is 0.313. The Balaban J connectivity index is 2.40. The molecule has 1 aromatic rings. The monoisotopic (exact) mass is 242 g/mol. The first kappa shape index (κ1) is 12.8. The van der Waals surface area contributed by atoms with E-state index in [1.54, 1.807) is 23.9 Å². The summed E-state index contributed by atoms with van der Waals surface area (Å²) in [6.07, 6.45) is 1.98. The van der Waals surface area contributed by atoms with Gasteiger partial charge in [0, 0.05) is 17.5 Å². The van der Waals surface area contributed by atoms with E-state index in [-0.39, 0.29) is 11.8 Å².